The largest absolute Gasteiger partial charge is 0.396 e. The molecule has 17 heavy (non-hydrogen) atoms. The Morgan fingerprint density at radius 1 is 1.53 bits per heavy atom. The van der Waals surface area contributed by atoms with E-state index in [9.17, 15) is 10.2 Å². The van der Waals surface area contributed by atoms with Crippen LogP contribution in [-0.2, 0) is 0 Å². The third-order valence-corrected chi connectivity index (χ3v) is 4.67. The number of aliphatic hydroxyl groups excluding tert-OH is 1. The van der Waals surface area contributed by atoms with E-state index in [1.165, 1.54) is 11.1 Å². The summed E-state index contributed by atoms with van der Waals surface area (Å²) in [5.74, 6) is 0.841. The first-order chi connectivity index (χ1) is 7.95. The molecule has 2 aliphatic carbocycles. The van der Waals surface area contributed by atoms with Gasteiger partial charge in [0.2, 0.25) is 0 Å². The van der Waals surface area contributed by atoms with Gasteiger partial charge in [-0.1, -0.05) is 30.7 Å². The molecule has 2 nitrogen and oxygen atoms in total. The molecule has 0 radical (unpaired) electrons. The maximum absolute atomic E-state index is 10.5. The van der Waals surface area contributed by atoms with Crippen LogP contribution in [0.25, 0.3) is 0 Å². The topological polar surface area (TPSA) is 40.5 Å². The van der Waals surface area contributed by atoms with Crippen LogP contribution in [0.15, 0.2) is 23.8 Å². The second-order valence-electron chi connectivity index (χ2n) is 6.01. The first-order valence-corrected chi connectivity index (χ1v) is 6.67. The van der Waals surface area contributed by atoms with Crippen molar-refractivity contribution in [2.75, 3.05) is 6.61 Å². The fourth-order valence-corrected chi connectivity index (χ4v) is 3.31. The summed E-state index contributed by atoms with van der Waals surface area (Å²) in [6, 6.07) is 0. The quantitative estimate of drug-likeness (QED) is 0.724. The van der Waals surface area contributed by atoms with Crippen LogP contribution in [0.2, 0.25) is 0 Å². The summed E-state index contributed by atoms with van der Waals surface area (Å²) in [7, 11) is 0. The molecule has 2 aliphatic rings. The SMILES string of the molecule is C=C1CCC(C(C)CO)=C[C@H]2[C@@H]1CC[C@@]2(C)O. The van der Waals surface area contributed by atoms with E-state index >= 15 is 0 Å². The highest BCUT2D eigenvalue weighted by Gasteiger charge is 2.44. The Morgan fingerprint density at radius 2 is 2.24 bits per heavy atom. The predicted molar refractivity (Wildman–Crippen MR) is 69.5 cm³/mol. The van der Waals surface area contributed by atoms with Crippen LogP contribution in [0.1, 0.15) is 39.5 Å². The van der Waals surface area contributed by atoms with Crippen LogP contribution in [-0.4, -0.2) is 22.4 Å². The summed E-state index contributed by atoms with van der Waals surface area (Å²) in [5.41, 5.74) is 1.98. The zero-order chi connectivity index (χ0) is 12.6. The second kappa shape index (κ2) is 4.58. The van der Waals surface area contributed by atoms with Crippen molar-refractivity contribution in [3.05, 3.63) is 23.8 Å². The molecular weight excluding hydrogens is 212 g/mol. The third kappa shape index (κ3) is 2.34. The van der Waals surface area contributed by atoms with Crippen molar-refractivity contribution < 1.29 is 10.2 Å². The van der Waals surface area contributed by atoms with Crippen LogP contribution in [0, 0.1) is 17.8 Å². The molecule has 0 bridgehead atoms. The lowest BCUT2D eigenvalue weighted by molar-refractivity contribution is 0.0329. The van der Waals surface area contributed by atoms with Gasteiger partial charge in [0.25, 0.3) is 0 Å². The summed E-state index contributed by atoms with van der Waals surface area (Å²) in [5, 5.41) is 19.7. The van der Waals surface area contributed by atoms with E-state index in [-0.39, 0.29) is 18.4 Å². The van der Waals surface area contributed by atoms with Gasteiger partial charge in [0.15, 0.2) is 0 Å². The Bertz CT molecular complexity index is 341. The van der Waals surface area contributed by atoms with E-state index < -0.39 is 5.60 Å². The normalized spacial score (nSPS) is 39.5. The van der Waals surface area contributed by atoms with Gasteiger partial charge in [-0.3, -0.25) is 0 Å². The first-order valence-electron chi connectivity index (χ1n) is 6.67. The molecule has 96 valence electrons. The minimum atomic E-state index is -0.599. The molecule has 2 rings (SSSR count). The Hall–Kier alpha value is -0.600. The molecule has 0 aromatic carbocycles. The molecule has 1 unspecified atom stereocenters. The Labute approximate surface area is 104 Å². The van der Waals surface area contributed by atoms with Crippen molar-refractivity contribution in [1.82, 2.24) is 0 Å². The predicted octanol–water partition coefficient (Wildman–Crippen LogP) is 2.67. The van der Waals surface area contributed by atoms with E-state index in [1.807, 2.05) is 6.92 Å². The van der Waals surface area contributed by atoms with Gasteiger partial charge >= 0.3 is 0 Å². The molecule has 1 fully saturated rings. The molecule has 2 heteroatoms. The van der Waals surface area contributed by atoms with Crippen molar-refractivity contribution >= 4 is 0 Å². The van der Waals surface area contributed by atoms with Crippen molar-refractivity contribution in [3.8, 4) is 0 Å². The van der Waals surface area contributed by atoms with Crippen LogP contribution in [0.4, 0.5) is 0 Å². The number of hydrogen-bond acceptors (Lipinski definition) is 2. The van der Waals surface area contributed by atoms with Gasteiger partial charge in [-0.25, -0.2) is 0 Å². The Balaban J connectivity index is 2.31. The Kier molecular flexibility index (Phi) is 3.46. The molecule has 1 saturated carbocycles. The molecule has 4 atom stereocenters. The Morgan fingerprint density at radius 3 is 2.88 bits per heavy atom. The van der Waals surface area contributed by atoms with E-state index in [4.69, 9.17) is 0 Å². The van der Waals surface area contributed by atoms with Crippen molar-refractivity contribution in [3.63, 3.8) is 0 Å². The molecule has 0 saturated heterocycles. The first kappa shape index (κ1) is 12.8. The van der Waals surface area contributed by atoms with Crippen LogP contribution in [0.3, 0.4) is 0 Å². The minimum absolute atomic E-state index is 0.192. The van der Waals surface area contributed by atoms with Crippen molar-refractivity contribution in [1.29, 1.82) is 0 Å². The van der Waals surface area contributed by atoms with Gasteiger partial charge < -0.3 is 10.2 Å². The van der Waals surface area contributed by atoms with E-state index in [0.29, 0.717) is 5.92 Å². The number of aliphatic hydroxyl groups is 2. The standard InChI is InChI=1S/C15H24O2/c1-10-4-5-12(11(2)9-16)8-14-13(10)6-7-15(14,3)17/h8,11,13-14,16-17H,1,4-7,9H2,2-3H3/t11?,13-,14+,15-/m1/s1. The molecule has 0 amide bonds. The highest BCUT2D eigenvalue weighted by molar-refractivity contribution is 5.24. The second-order valence-corrected chi connectivity index (χ2v) is 6.01. The molecule has 0 aliphatic heterocycles. The summed E-state index contributed by atoms with van der Waals surface area (Å²) in [6.45, 7) is 8.38. The summed E-state index contributed by atoms with van der Waals surface area (Å²) < 4.78 is 0. The number of hydrogen-bond donors (Lipinski definition) is 2. The fourth-order valence-electron chi connectivity index (χ4n) is 3.31. The van der Waals surface area contributed by atoms with Crippen LogP contribution >= 0.6 is 0 Å². The average Bonchev–Trinajstić information content (AvgIpc) is 2.47. The van der Waals surface area contributed by atoms with E-state index in [0.717, 1.165) is 25.7 Å². The van der Waals surface area contributed by atoms with Gasteiger partial charge in [-0.05, 0) is 38.5 Å². The number of rotatable bonds is 2. The lowest BCUT2D eigenvalue weighted by Gasteiger charge is -2.27. The van der Waals surface area contributed by atoms with Crippen LogP contribution < -0.4 is 0 Å². The fraction of sp³-hybridized carbons (Fsp3) is 0.733. The van der Waals surface area contributed by atoms with Crippen LogP contribution in [0.5, 0.6) is 0 Å². The van der Waals surface area contributed by atoms with Gasteiger partial charge in [-0.2, -0.15) is 0 Å². The molecule has 0 aromatic rings. The van der Waals surface area contributed by atoms with Crippen molar-refractivity contribution in [2.24, 2.45) is 17.8 Å². The van der Waals surface area contributed by atoms with Gasteiger partial charge in [0.05, 0.1) is 5.60 Å². The number of allylic oxidation sites excluding steroid dienone is 1. The summed E-state index contributed by atoms with van der Waals surface area (Å²) >= 11 is 0. The van der Waals surface area contributed by atoms with Gasteiger partial charge in [0.1, 0.15) is 0 Å². The smallest absolute Gasteiger partial charge is 0.0688 e. The lowest BCUT2D eigenvalue weighted by Crippen LogP contribution is -2.30. The highest BCUT2D eigenvalue weighted by atomic mass is 16.3. The van der Waals surface area contributed by atoms with Gasteiger partial charge in [0, 0.05) is 18.4 Å². The summed E-state index contributed by atoms with van der Waals surface area (Å²) in [4.78, 5) is 0. The lowest BCUT2D eigenvalue weighted by atomic mass is 9.83. The maximum atomic E-state index is 10.5. The van der Waals surface area contributed by atoms with E-state index in [1.54, 1.807) is 0 Å². The maximum Gasteiger partial charge on any atom is 0.0688 e. The number of fused-ring (bicyclic) bond motifs is 1. The molecule has 0 aromatic heterocycles. The zero-order valence-electron chi connectivity index (χ0n) is 10.9. The average molecular weight is 236 g/mol. The molecular formula is C15H24O2. The molecule has 2 N–H and O–H groups in total. The molecule has 0 spiro atoms. The monoisotopic (exact) mass is 236 g/mol. The third-order valence-electron chi connectivity index (χ3n) is 4.67. The molecule has 0 heterocycles. The van der Waals surface area contributed by atoms with Gasteiger partial charge in [-0.15, -0.1) is 0 Å². The minimum Gasteiger partial charge on any atom is -0.396 e. The summed E-state index contributed by atoms with van der Waals surface area (Å²) in [6.07, 6.45) is 6.14. The van der Waals surface area contributed by atoms with Crippen molar-refractivity contribution in [2.45, 2.75) is 45.1 Å². The van der Waals surface area contributed by atoms with E-state index in [2.05, 4.69) is 19.6 Å². The highest BCUT2D eigenvalue weighted by Crippen LogP contribution is 2.48. The zero-order valence-corrected chi connectivity index (χ0v) is 10.9.